The molecule has 0 atom stereocenters. The second-order valence-corrected chi connectivity index (χ2v) is 7.67. The lowest BCUT2D eigenvalue weighted by Gasteiger charge is -2.18. The van der Waals surface area contributed by atoms with Crippen LogP contribution < -0.4 is 10.6 Å². The molecule has 6 heteroatoms. The lowest BCUT2D eigenvalue weighted by Crippen LogP contribution is -2.38. The van der Waals surface area contributed by atoms with Crippen LogP contribution in [0, 0.1) is 0 Å². The van der Waals surface area contributed by atoms with Crippen LogP contribution in [0.1, 0.15) is 31.9 Å². The molecule has 2 N–H and O–H groups in total. The van der Waals surface area contributed by atoms with Crippen LogP contribution in [0.4, 0.5) is 10.5 Å². The van der Waals surface area contributed by atoms with Gasteiger partial charge in [0.15, 0.2) is 0 Å². The van der Waals surface area contributed by atoms with E-state index in [0.717, 1.165) is 10.5 Å². The number of benzene rings is 2. The van der Waals surface area contributed by atoms with Gasteiger partial charge >= 0.3 is 6.03 Å². The van der Waals surface area contributed by atoms with Crippen LogP contribution in [0.15, 0.2) is 60.3 Å². The number of urea groups is 1. The van der Waals surface area contributed by atoms with Crippen molar-refractivity contribution in [2.75, 3.05) is 11.9 Å². The van der Waals surface area contributed by atoms with Crippen LogP contribution in [0.2, 0.25) is 0 Å². The van der Waals surface area contributed by atoms with Crippen molar-refractivity contribution in [3.63, 3.8) is 0 Å². The van der Waals surface area contributed by atoms with Crippen LogP contribution in [-0.4, -0.2) is 29.3 Å². The quantitative estimate of drug-likeness (QED) is 0.632. The van der Waals surface area contributed by atoms with Crippen molar-refractivity contribution in [1.29, 1.82) is 0 Å². The van der Waals surface area contributed by atoms with E-state index in [1.54, 1.807) is 30.3 Å². The van der Waals surface area contributed by atoms with Gasteiger partial charge in [-0.3, -0.25) is 9.59 Å². The van der Waals surface area contributed by atoms with Crippen LogP contribution in [-0.2, 0) is 15.0 Å². The highest BCUT2D eigenvalue weighted by Gasteiger charge is 2.34. The summed E-state index contributed by atoms with van der Waals surface area (Å²) in [4.78, 5) is 37.7. The van der Waals surface area contributed by atoms with Crippen LogP contribution in [0.5, 0.6) is 0 Å². The summed E-state index contributed by atoms with van der Waals surface area (Å²) in [6, 6.07) is 16.1. The van der Waals surface area contributed by atoms with Crippen LogP contribution in [0.3, 0.4) is 0 Å². The molecule has 0 aliphatic carbocycles. The molecule has 0 spiro atoms. The third-order valence-electron chi connectivity index (χ3n) is 4.41. The molecule has 2 aromatic carbocycles. The highest BCUT2D eigenvalue weighted by atomic mass is 16.2. The van der Waals surface area contributed by atoms with Crippen molar-refractivity contribution in [3.05, 3.63) is 71.4 Å². The first kappa shape index (κ1) is 19.4. The van der Waals surface area contributed by atoms with Gasteiger partial charge in [0.05, 0.1) is 0 Å². The summed E-state index contributed by atoms with van der Waals surface area (Å²) >= 11 is 0. The topological polar surface area (TPSA) is 78.5 Å². The van der Waals surface area contributed by atoms with E-state index in [0.29, 0.717) is 5.69 Å². The minimum Gasteiger partial charge on any atom is -0.325 e. The van der Waals surface area contributed by atoms with E-state index in [4.69, 9.17) is 0 Å². The third-order valence-corrected chi connectivity index (χ3v) is 4.41. The van der Waals surface area contributed by atoms with Crippen molar-refractivity contribution < 1.29 is 14.4 Å². The molecule has 0 radical (unpaired) electrons. The number of rotatable bonds is 4. The van der Waals surface area contributed by atoms with Crippen molar-refractivity contribution in [1.82, 2.24) is 10.2 Å². The summed E-state index contributed by atoms with van der Waals surface area (Å²) in [7, 11) is 0. The highest BCUT2D eigenvalue weighted by Crippen LogP contribution is 2.23. The van der Waals surface area contributed by atoms with E-state index in [-0.39, 0.29) is 17.7 Å². The molecule has 1 aliphatic rings. The van der Waals surface area contributed by atoms with Gasteiger partial charge in [0, 0.05) is 5.69 Å². The van der Waals surface area contributed by atoms with Crippen LogP contribution in [0.25, 0.3) is 6.08 Å². The lowest BCUT2D eigenvalue weighted by molar-refractivity contribution is -0.127. The molecule has 0 unspecified atom stereocenters. The Morgan fingerprint density at radius 1 is 1.04 bits per heavy atom. The van der Waals surface area contributed by atoms with Crippen molar-refractivity contribution >= 4 is 29.6 Å². The molecule has 144 valence electrons. The molecule has 2 aromatic rings. The van der Waals surface area contributed by atoms with Gasteiger partial charge in [-0.15, -0.1) is 0 Å². The smallest absolute Gasteiger partial charge is 0.325 e. The second-order valence-electron chi connectivity index (χ2n) is 7.67. The first-order chi connectivity index (χ1) is 13.2. The van der Waals surface area contributed by atoms with Gasteiger partial charge < -0.3 is 10.6 Å². The number of carbonyl (C=O) groups is 3. The van der Waals surface area contributed by atoms with E-state index >= 15 is 0 Å². The number of carbonyl (C=O) groups excluding carboxylic acids is 3. The van der Waals surface area contributed by atoms with Crippen LogP contribution >= 0.6 is 0 Å². The van der Waals surface area contributed by atoms with E-state index in [9.17, 15) is 14.4 Å². The summed E-state index contributed by atoms with van der Waals surface area (Å²) in [5.74, 6) is -0.960. The van der Waals surface area contributed by atoms with E-state index in [1.165, 1.54) is 5.56 Å². The average molecular weight is 377 g/mol. The molecule has 28 heavy (non-hydrogen) atoms. The SMILES string of the molecule is CC(C)(C)c1ccc(/C=C2\NC(=O)N(CC(=O)Nc3ccccc3)C2=O)cc1. The summed E-state index contributed by atoms with van der Waals surface area (Å²) in [6.07, 6.45) is 1.61. The monoisotopic (exact) mass is 377 g/mol. The molecule has 4 amide bonds. The van der Waals surface area contributed by atoms with Crippen molar-refractivity contribution in [2.45, 2.75) is 26.2 Å². The number of hydrogen-bond acceptors (Lipinski definition) is 3. The first-order valence-corrected chi connectivity index (χ1v) is 9.04. The Hall–Kier alpha value is -3.41. The largest absolute Gasteiger partial charge is 0.329 e. The molecule has 1 saturated heterocycles. The molecule has 0 aromatic heterocycles. The zero-order chi connectivity index (χ0) is 20.3. The molecule has 6 nitrogen and oxygen atoms in total. The summed E-state index contributed by atoms with van der Waals surface area (Å²) in [5.41, 5.74) is 2.77. The fourth-order valence-corrected chi connectivity index (χ4v) is 2.83. The van der Waals surface area contributed by atoms with Crippen molar-refractivity contribution in [3.8, 4) is 0 Å². The number of para-hydroxylation sites is 1. The van der Waals surface area contributed by atoms with Gasteiger partial charge in [-0.05, 0) is 34.8 Å². The molecule has 1 fully saturated rings. The van der Waals surface area contributed by atoms with Gasteiger partial charge in [-0.1, -0.05) is 63.2 Å². The Labute approximate surface area is 164 Å². The maximum absolute atomic E-state index is 12.5. The predicted molar refractivity (Wildman–Crippen MR) is 108 cm³/mol. The van der Waals surface area contributed by atoms with Gasteiger partial charge in [0.2, 0.25) is 5.91 Å². The maximum Gasteiger partial charge on any atom is 0.329 e. The van der Waals surface area contributed by atoms with E-state index in [2.05, 4.69) is 31.4 Å². The maximum atomic E-state index is 12.5. The number of anilines is 1. The summed E-state index contributed by atoms with van der Waals surface area (Å²) < 4.78 is 0. The molecule has 0 bridgehead atoms. The highest BCUT2D eigenvalue weighted by molar-refractivity contribution is 6.15. The fraction of sp³-hybridized carbons (Fsp3) is 0.227. The minimum atomic E-state index is -0.606. The van der Waals surface area contributed by atoms with E-state index in [1.807, 2.05) is 30.3 Å². The number of nitrogens with one attached hydrogen (secondary N) is 2. The molecule has 0 saturated carbocycles. The number of amides is 4. The average Bonchev–Trinajstić information content (AvgIpc) is 2.90. The van der Waals surface area contributed by atoms with Gasteiger partial charge in [-0.2, -0.15) is 0 Å². The number of imide groups is 1. The Balaban J connectivity index is 1.69. The summed E-state index contributed by atoms with van der Waals surface area (Å²) in [5, 5.41) is 5.20. The summed E-state index contributed by atoms with van der Waals surface area (Å²) in [6.45, 7) is 6.03. The Morgan fingerprint density at radius 3 is 2.29 bits per heavy atom. The Morgan fingerprint density at radius 2 is 1.68 bits per heavy atom. The Bertz CT molecular complexity index is 926. The predicted octanol–water partition coefficient (Wildman–Crippen LogP) is 3.52. The third kappa shape index (κ3) is 4.46. The zero-order valence-corrected chi connectivity index (χ0v) is 16.2. The Kier molecular flexibility index (Phi) is 5.31. The normalized spacial score (nSPS) is 15.7. The number of hydrogen-bond donors (Lipinski definition) is 2. The molecule has 1 aliphatic heterocycles. The van der Waals surface area contributed by atoms with Crippen molar-refractivity contribution in [2.24, 2.45) is 0 Å². The second kappa shape index (κ2) is 7.68. The molecule has 1 heterocycles. The van der Waals surface area contributed by atoms with Gasteiger partial charge in [0.1, 0.15) is 12.2 Å². The molecular formula is C22H23N3O3. The molecular weight excluding hydrogens is 354 g/mol. The first-order valence-electron chi connectivity index (χ1n) is 9.04. The van der Waals surface area contributed by atoms with E-state index < -0.39 is 17.8 Å². The van der Waals surface area contributed by atoms with Gasteiger partial charge in [0.25, 0.3) is 5.91 Å². The fourth-order valence-electron chi connectivity index (χ4n) is 2.83. The molecule has 3 rings (SSSR count). The van der Waals surface area contributed by atoms with Gasteiger partial charge in [-0.25, -0.2) is 9.69 Å². The minimum absolute atomic E-state index is 0.0337. The zero-order valence-electron chi connectivity index (χ0n) is 16.2. The lowest BCUT2D eigenvalue weighted by atomic mass is 9.87. The number of nitrogens with zero attached hydrogens (tertiary/aromatic N) is 1. The standard InChI is InChI=1S/C22H23N3O3/c1-22(2,3)16-11-9-15(10-12-16)13-18-20(27)25(21(28)24-18)14-19(26)23-17-7-5-4-6-8-17/h4-13H,14H2,1-3H3,(H,23,26)(H,24,28)/b18-13-.